The number of hydrogen-bond acceptors (Lipinski definition) is 7. The SMILES string of the molecule is COc1ccc(OC)c(NC(=O)COc2ccc(Cl)cc2S(=O)(=O)N2CCOCC2)c1. The molecule has 1 N–H and O–H groups in total. The summed E-state index contributed by atoms with van der Waals surface area (Å²) in [5, 5.41) is 2.91. The molecule has 2 aromatic carbocycles. The summed E-state index contributed by atoms with van der Waals surface area (Å²) < 4.78 is 48.6. The number of anilines is 1. The van der Waals surface area contributed by atoms with Gasteiger partial charge in [-0.2, -0.15) is 4.31 Å². The second-order valence-corrected chi connectivity index (χ2v) is 8.85. The molecular weight excluding hydrogens is 448 g/mol. The molecule has 2 aromatic rings. The van der Waals surface area contributed by atoms with Gasteiger partial charge in [0.15, 0.2) is 6.61 Å². The number of methoxy groups -OCH3 is 2. The lowest BCUT2D eigenvalue weighted by atomic mass is 10.2. The van der Waals surface area contributed by atoms with Gasteiger partial charge in [0.2, 0.25) is 10.0 Å². The Morgan fingerprint density at radius 1 is 1.10 bits per heavy atom. The lowest BCUT2D eigenvalue weighted by Crippen LogP contribution is -2.40. The van der Waals surface area contributed by atoms with E-state index in [0.717, 1.165) is 0 Å². The van der Waals surface area contributed by atoms with E-state index in [4.69, 9.17) is 30.5 Å². The number of nitrogens with zero attached hydrogens (tertiary/aromatic N) is 1. The minimum Gasteiger partial charge on any atom is -0.497 e. The van der Waals surface area contributed by atoms with Crippen LogP contribution in [0, 0.1) is 0 Å². The average Bonchev–Trinajstić information content (AvgIpc) is 2.78. The van der Waals surface area contributed by atoms with Crippen LogP contribution in [0.25, 0.3) is 0 Å². The molecule has 1 heterocycles. The zero-order chi connectivity index (χ0) is 22.4. The molecule has 0 bridgehead atoms. The van der Waals surface area contributed by atoms with Crippen LogP contribution >= 0.6 is 11.6 Å². The third-order valence-electron chi connectivity index (χ3n) is 4.53. The number of carbonyl (C=O) groups is 1. The molecule has 0 radical (unpaired) electrons. The van der Waals surface area contributed by atoms with Gasteiger partial charge in [0, 0.05) is 24.2 Å². The van der Waals surface area contributed by atoms with Gasteiger partial charge >= 0.3 is 0 Å². The molecule has 168 valence electrons. The summed E-state index contributed by atoms with van der Waals surface area (Å²) in [6.45, 7) is 0.643. The number of rotatable bonds is 8. The third kappa shape index (κ3) is 5.59. The molecular formula is C20H23ClN2O7S. The number of sulfonamides is 1. The highest BCUT2D eigenvalue weighted by atomic mass is 35.5. The molecule has 1 saturated heterocycles. The van der Waals surface area contributed by atoms with Crippen molar-refractivity contribution in [3.05, 3.63) is 41.4 Å². The van der Waals surface area contributed by atoms with E-state index < -0.39 is 22.5 Å². The Bertz CT molecular complexity index is 1040. The zero-order valence-electron chi connectivity index (χ0n) is 17.1. The quantitative estimate of drug-likeness (QED) is 0.631. The van der Waals surface area contributed by atoms with E-state index >= 15 is 0 Å². The second-order valence-electron chi connectivity index (χ2n) is 6.51. The van der Waals surface area contributed by atoms with Crippen LogP contribution in [0.3, 0.4) is 0 Å². The molecule has 0 atom stereocenters. The number of nitrogens with one attached hydrogen (secondary N) is 1. The average molecular weight is 471 g/mol. The Morgan fingerprint density at radius 2 is 1.81 bits per heavy atom. The molecule has 9 nitrogen and oxygen atoms in total. The molecule has 0 aromatic heterocycles. The number of amides is 1. The molecule has 1 fully saturated rings. The van der Waals surface area contributed by atoms with Gasteiger partial charge in [0.05, 0.1) is 33.1 Å². The first-order valence-corrected chi connectivity index (χ1v) is 11.2. The fourth-order valence-electron chi connectivity index (χ4n) is 2.97. The van der Waals surface area contributed by atoms with E-state index in [9.17, 15) is 13.2 Å². The van der Waals surface area contributed by atoms with Crippen LogP contribution in [0.2, 0.25) is 5.02 Å². The van der Waals surface area contributed by atoms with E-state index in [1.165, 1.54) is 36.7 Å². The molecule has 11 heteroatoms. The summed E-state index contributed by atoms with van der Waals surface area (Å²) in [5.74, 6) is 0.504. The van der Waals surface area contributed by atoms with Crippen molar-refractivity contribution >= 4 is 33.2 Å². The van der Waals surface area contributed by atoms with Crippen LogP contribution < -0.4 is 19.5 Å². The van der Waals surface area contributed by atoms with Crippen LogP contribution in [0.15, 0.2) is 41.3 Å². The first-order valence-electron chi connectivity index (χ1n) is 9.37. The molecule has 0 saturated carbocycles. The zero-order valence-corrected chi connectivity index (χ0v) is 18.7. The van der Waals surface area contributed by atoms with Gasteiger partial charge in [-0.15, -0.1) is 0 Å². The van der Waals surface area contributed by atoms with Crippen LogP contribution in [-0.4, -0.2) is 65.8 Å². The van der Waals surface area contributed by atoms with E-state index in [2.05, 4.69) is 5.32 Å². The molecule has 0 aliphatic carbocycles. The van der Waals surface area contributed by atoms with Crippen LogP contribution in [0.1, 0.15) is 0 Å². The Kier molecular flexibility index (Phi) is 7.60. The maximum atomic E-state index is 13.1. The standard InChI is InChI=1S/C20H23ClN2O7S/c1-27-15-4-6-17(28-2)16(12-15)22-20(24)13-30-18-5-3-14(21)11-19(18)31(25,26)23-7-9-29-10-8-23/h3-6,11-12H,7-10,13H2,1-2H3,(H,22,24). The number of morpholine rings is 1. The summed E-state index contributed by atoms with van der Waals surface area (Å²) in [4.78, 5) is 12.3. The van der Waals surface area contributed by atoms with Crippen LogP contribution in [0.4, 0.5) is 5.69 Å². The first kappa shape index (κ1) is 23.1. The second kappa shape index (κ2) is 10.2. The van der Waals surface area contributed by atoms with Crippen molar-refractivity contribution in [2.24, 2.45) is 0 Å². The molecule has 1 amide bonds. The number of halogens is 1. The molecule has 3 rings (SSSR count). The summed E-state index contributed by atoms with van der Waals surface area (Å²) in [7, 11) is -0.882. The lowest BCUT2D eigenvalue weighted by Gasteiger charge is -2.26. The number of ether oxygens (including phenoxy) is 4. The molecule has 0 unspecified atom stereocenters. The van der Waals surface area contributed by atoms with E-state index in [1.54, 1.807) is 18.2 Å². The summed E-state index contributed by atoms with van der Waals surface area (Å²) in [6.07, 6.45) is 0. The fraction of sp³-hybridized carbons (Fsp3) is 0.350. The highest BCUT2D eigenvalue weighted by Crippen LogP contribution is 2.31. The largest absolute Gasteiger partial charge is 0.497 e. The highest BCUT2D eigenvalue weighted by Gasteiger charge is 2.29. The van der Waals surface area contributed by atoms with E-state index in [-0.39, 0.29) is 28.8 Å². The predicted octanol–water partition coefficient (Wildman–Crippen LogP) is 2.40. The van der Waals surface area contributed by atoms with Crippen molar-refractivity contribution in [2.45, 2.75) is 4.90 Å². The molecule has 1 aliphatic rings. The van der Waals surface area contributed by atoms with Crippen molar-refractivity contribution < 1.29 is 32.2 Å². The molecule has 0 spiro atoms. The van der Waals surface area contributed by atoms with Gasteiger partial charge in [-0.1, -0.05) is 11.6 Å². The molecule has 31 heavy (non-hydrogen) atoms. The van der Waals surface area contributed by atoms with Crippen LogP contribution in [-0.2, 0) is 19.6 Å². The topological polar surface area (TPSA) is 103 Å². The normalized spacial score (nSPS) is 14.7. The van der Waals surface area contributed by atoms with Gasteiger partial charge in [0.1, 0.15) is 22.1 Å². The van der Waals surface area contributed by atoms with Crippen molar-refractivity contribution in [3.63, 3.8) is 0 Å². The van der Waals surface area contributed by atoms with Gasteiger partial charge in [-0.05, 0) is 30.3 Å². The summed E-state index contributed by atoms with van der Waals surface area (Å²) in [5.41, 5.74) is 0.396. The minimum absolute atomic E-state index is 0.0312. The minimum atomic E-state index is -3.87. The Morgan fingerprint density at radius 3 is 2.48 bits per heavy atom. The lowest BCUT2D eigenvalue weighted by molar-refractivity contribution is -0.118. The number of carbonyl (C=O) groups excluding carboxylic acids is 1. The maximum Gasteiger partial charge on any atom is 0.262 e. The first-order chi connectivity index (χ1) is 14.8. The van der Waals surface area contributed by atoms with Crippen LogP contribution in [0.5, 0.6) is 17.2 Å². The van der Waals surface area contributed by atoms with Gasteiger partial charge in [0.25, 0.3) is 5.91 Å². The van der Waals surface area contributed by atoms with Crippen molar-refractivity contribution in [1.29, 1.82) is 0 Å². The van der Waals surface area contributed by atoms with E-state index in [0.29, 0.717) is 30.4 Å². The Balaban J connectivity index is 1.76. The fourth-order valence-corrected chi connectivity index (χ4v) is 4.77. The predicted molar refractivity (Wildman–Crippen MR) is 115 cm³/mol. The maximum absolute atomic E-state index is 13.1. The van der Waals surface area contributed by atoms with Crippen molar-refractivity contribution in [3.8, 4) is 17.2 Å². The van der Waals surface area contributed by atoms with E-state index in [1.807, 2.05) is 0 Å². The monoisotopic (exact) mass is 470 g/mol. The molecule has 1 aliphatic heterocycles. The van der Waals surface area contributed by atoms with Gasteiger partial charge in [-0.25, -0.2) is 8.42 Å². The smallest absolute Gasteiger partial charge is 0.262 e. The summed E-state index contributed by atoms with van der Waals surface area (Å²) in [6, 6.07) is 9.19. The Hall–Kier alpha value is -2.53. The Labute approximate surface area is 185 Å². The number of benzene rings is 2. The van der Waals surface area contributed by atoms with Gasteiger partial charge in [-0.3, -0.25) is 4.79 Å². The van der Waals surface area contributed by atoms with Crippen molar-refractivity contribution in [2.75, 3.05) is 52.4 Å². The summed E-state index contributed by atoms with van der Waals surface area (Å²) >= 11 is 6.03. The third-order valence-corrected chi connectivity index (χ3v) is 6.69. The number of hydrogen-bond donors (Lipinski definition) is 1. The van der Waals surface area contributed by atoms with Gasteiger partial charge < -0.3 is 24.3 Å². The highest BCUT2D eigenvalue weighted by molar-refractivity contribution is 7.89. The van der Waals surface area contributed by atoms with Crippen molar-refractivity contribution in [1.82, 2.24) is 4.31 Å².